The number of aromatic amines is 1. The number of carbonyl (C=O) groups is 1. The summed E-state index contributed by atoms with van der Waals surface area (Å²) >= 11 is 0. The van der Waals surface area contributed by atoms with Crippen LogP contribution >= 0.6 is 0 Å². The summed E-state index contributed by atoms with van der Waals surface area (Å²) in [5.41, 5.74) is -0.317. The minimum Gasteiger partial charge on any atom is -0.486 e. The van der Waals surface area contributed by atoms with Gasteiger partial charge in [0.2, 0.25) is 0 Å². The molecule has 2 atom stereocenters. The van der Waals surface area contributed by atoms with Crippen LogP contribution in [0.25, 0.3) is 11.0 Å². The van der Waals surface area contributed by atoms with Crippen LogP contribution in [-0.4, -0.2) is 51.5 Å². The van der Waals surface area contributed by atoms with Crippen molar-refractivity contribution in [2.75, 3.05) is 13.6 Å². The fourth-order valence-corrected chi connectivity index (χ4v) is 3.72. The number of aromatic nitrogens is 3. The molecule has 0 bridgehead atoms. The van der Waals surface area contributed by atoms with Gasteiger partial charge in [-0.3, -0.25) is 14.5 Å². The summed E-state index contributed by atoms with van der Waals surface area (Å²) in [4.78, 5) is 36.0. The Morgan fingerprint density at radius 1 is 1.38 bits per heavy atom. The van der Waals surface area contributed by atoms with Gasteiger partial charge in [0.1, 0.15) is 34.3 Å². The molecule has 1 amide bonds. The molecule has 8 nitrogen and oxygen atoms in total. The molecule has 1 fully saturated rings. The van der Waals surface area contributed by atoms with E-state index in [1.54, 1.807) is 19.1 Å². The van der Waals surface area contributed by atoms with Crippen LogP contribution in [0.3, 0.4) is 0 Å². The predicted molar refractivity (Wildman–Crippen MR) is 114 cm³/mol. The highest BCUT2D eigenvalue weighted by molar-refractivity contribution is 5.92. The standard InChI is InChI=1S/C22H23F2N5O3/c1-4-15-22(31)28-20-18(24)12(7-14(23)19(20)27-15)9-29-10-17(11(29)2)32-13-5-6-16(26-8-13)21(30)25-3/h5-8,11,17H,4,9-10H2,1-3H3,(H,25,30)(H,28,31)/t11-,17+/m1/s1. The Bertz CT molecular complexity index is 1230. The fraction of sp³-hybridized carbons (Fsp3) is 0.364. The first-order valence-corrected chi connectivity index (χ1v) is 10.3. The summed E-state index contributed by atoms with van der Waals surface area (Å²) in [5, 5.41) is 2.50. The molecular formula is C22H23F2N5O3. The first kappa shape index (κ1) is 21.8. The highest BCUT2D eigenvalue weighted by atomic mass is 19.1. The van der Waals surface area contributed by atoms with Crippen LogP contribution in [0, 0.1) is 11.6 Å². The Labute approximate surface area is 182 Å². The quantitative estimate of drug-likeness (QED) is 0.606. The van der Waals surface area contributed by atoms with Crippen molar-refractivity contribution >= 4 is 16.9 Å². The summed E-state index contributed by atoms with van der Waals surface area (Å²) in [6.07, 6.45) is 1.64. The van der Waals surface area contributed by atoms with E-state index >= 15 is 4.39 Å². The van der Waals surface area contributed by atoms with Crippen molar-refractivity contribution < 1.29 is 18.3 Å². The number of rotatable bonds is 6. The Kier molecular flexibility index (Phi) is 5.88. The zero-order chi connectivity index (χ0) is 23.0. The van der Waals surface area contributed by atoms with E-state index in [9.17, 15) is 14.0 Å². The molecule has 4 rings (SSSR count). The zero-order valence-electron chi connectivity index (χ0n) is 17.9. The second-order valence-corrected chi connectivity index (χ2v) is 7.71. The molecule has 3 aromatic rings. The molecule has 0 unspecified atom stereocenters. The minimum absolute atomic E-state index is 0.0635. The number of pyridine rings is 1. The topological polar surface area (TPSA) is 100 Å². The molecule has 0 spiro atoms. The number of likely N-dealkylation sites (tertiary alicyclic amines) is 1. The summed E-state index contributed by atoms with van der Waals surface area (Å²) in [6.45, 7) is 4.31. The van der Waals surface area contributed by atoms with Gasteiger partial charge in [-0.1, -0.05) is 6.92 Å². The van der Waals surface area contributed by atoms with Gasteiger partial charge in [0.05, 0.1) is 6.20 Å². The summed E-state index contributed by atoms with van der Waals surface area (Å²) < 4.78 is 35.5. The van der Waals surface area contributed by atoms with Crippen molar-refractivity contribution in [1.82, 2.24) is 25.2 Å². The van der Waals surface area contributed by atoms with Crippen LogP contribution in [0.15, 0.2) is 29.2 Å². The molecule has 0 radical (unpaired) electrons. The maximum Gasteiger partial charge on any atom is 0.270 e. The van der Waals surface area contributed by atoms with Crippen LogP contribution in [0.4, 0.5) is 8.78 Å². The Morgan fingerprint density at radius 2 is 2.16 bits per heavy atom. The molecule has 10 heteroatoms. The number of fused-ring (bicyclic) bond motifs is 1. The van der Waals surface area contributed by atoms with Crippen molar-refractivity contribution in [1.29, 1.82) is 0 Å². The summed E-state index contributed by atoms with van der Waals surface area (Å²) in [5.74, 6) is -1.12. The van der Waals surface area contributed by atoms with E-state index in [-0.39, 0.29) is 52.6 Å². The lowest BCUT2D eigenvalue weighted by molar-refractivity contribution is -0.0420. The van der Waals surface area contributed by atoms with Crippen molar-refractivity contribution in [3.8, 4) is 5.75 Å². The van der Waals surface area contributed by atoms with Crippen LogP contribution in [0.2, 0.25) is 0 Å². The molecule has 32 heavy (non-hydrogen) atoms. The van der Waals surface area contributed by atoms with Crippen molar-refractivity contribution in [2.45, 2.75) is 39.0 Å². The maximum atomic E-state index is 15.0. The molecule has 0 aliphatic carbocycles. The molecule has 1 aliphatic rings. The smallest absolute Gasteiger partial charge is 0.270 e. The van der Waals surface area contributed by atoms with Gasteiger partial charge in [-0.2, -0.15) is 0 Å². The van der Waals surface area contributed by atoms with Gasteiger partial charge >= 0.3 is 0 Å². The molecule has 2 N–H and O–H groups in total. The molecule has 3 heterocycles. The van der Waals surface area contributed by atoms with Crippen LogP contribution in [-0.2, 0) is 13.0 Å². The second kappa shape index (κ2) is 8.62. The monoisotopic (exact) mass is 443 g/mol. The van der Waals surface area contributed by atoms with Gasteiger partial charge in [-0.05, 0) is 31.5 Å². The zero-order valence-corrected chi connectivity index (χ0v) is 17.9. The predicted octanol–water partition coefficient (Wildman–Crippen LogP) is 2.17. The molecule has 168 valence electrons. The van der Waals surface area contributed by atoms with Crippen molar-refractivity contribution in [3.05, 3.63) is 63.3 Å². The second-order valence-electron chi connectivity index (χ2n) is 7.71. The molecule has 1 aromatic carbocycles. The summed E-state index contributed by atoms with van der Waals surface area (Å²) in [7, 11) is 1.53. The van der Waals surface area contributed by atoms with E-state index in [1.807, 2.05) is 11.8 Å². The number of halogens is 2. The Balaban J connectivity index is 1.46. The average Bonchev–Trinajstić information content (AvgIpc) is 2.80. The molecule has 1 saturated heterocycles. The summed E-state index contributed by atoms with van der Waals surface area (Å²) in [6, 6.07) is 4.30. The van der Waals surface area contributed by atoms with Crippen LogP contribution in [0.1, 0.15) is 35.6 Å². The lowest BCUT2D eigenvalue weighted by Crippen LogP contribution is -2.60. The van der Waals surface area contributed by atoms with E-state index < -0.39 is 17.2 Å². The number of benzene rings is 1. The maximum absolute atomic E-state index is 15.0. The molecular weight excluding hydrogens is 420 g/mol. The number of carbonyl (C=O) groups excluding carboxylic acids is 1. The first-order valence-electron chi connectivity index (χ1n) is 10.3. The fourth-order valence-electron chi connectivity index (χ4n) is 3.72. The third-order valence-electron chi connectivity index (χ3n) is 5.73. The van der Waals surface area contributed by atoms with E-state index in [4.69, 9.17) is 4.74 Å². The van der Waals surface area contributed by atoms with Gasteiger partial charge in [0.25, 0.3) is 11.5 Å². The number of hydrogen-bond acceptors (Lipinski definition) is 6. The number of ether oxygens (including phenoxy) is 1. The van der Waals surface area contributed by atoms with Gasteiger partial charge < -0.3 is 15.0 Å². The Morgan fingerprint density at radius 3 is 2.78 bits per heavy atom. The normalized spacial score (nSPS) is 18.4. The number of nitrogens with one attached hydrogen (secondary N) is 2. The van der Waals surface area contributed by atoms with Crippen LogP contribution < -0.4 is 15.6 Å². The average molecular weight is 443 g/mol. The van der Waals surface area contributed by atoms with Crippen LogP contribution in [0.5, 0.6) is 5.75 Å². The van der Waals surface area contributed by atoms with Gasteiger partial charge in [-0.15, -0.1) is 0 Å². The van der Waals surface area contributed by atoms with E-state index in [1.165, 1.54) is 13.2 Å². The number of H-pyrrole nitrogens is 1. The molecule has 0 saturated carbocycles. The number of aryl methyl sites for hydroxylation is 1. The van der Waals surface area contributed by atoms with Crippen molar-refractivity contribution in [3.63, 3.8) is 0 Å². The van der Waals surface area contributed by atoms with E-state index in [2.05, 4.69) is 20.3 Å². The number of hydrogen-bond donors (Lipinski definition) is 2. The number of nitrogens with zero attached hydrogens (tertiary/aromatic N) is 3. The van der Waals surface area contributed by atoms with Crippen molar-refractivity contribution in [2.24, 2.45) is 0 Å². The lowest BCUT2D eigenvalue weighted by atomic mass is 9.99. The van der Waals surface area contributed by atoms with Gasteiger partial charge in [0.15, 0.2) is 11.6 Å². The minimum atomic E-state index is -0.681. The lowest BCUT2D eigenvalue weighted by Gasteiger charge is -2.45. The van der Waals surface area contributed by atoms with E-state index in [0.29, 0.717) is 18.7 Å². The van der Waals surface area contributed by atoms with E-state index in [0.717, 1.165) is 6.07 Å². The highest BCUT2D eigenvalue weighted by Crippen LogP contribution is 2.28. The van der Waals surface area contributed by atoms with Gasteiger partial charge in [-0.25, -0.2) is 18.7 Å². The molecule has 1 aliphatic heterocycles. The third kappa shape index (κ3) is 3.93. The number of amides is 1. The highest BCUT2D eigenvalue weighted by Gasteiger charge is 2.38. The SMILES string of the molecule is CCc1nc2c(F)cc(CN3C[C@H](Oc4ccc(C(=O)NC)nc4)[C@H]3C)c(F)c2[nH]c1=O. The Hall–Kier alpha value is -3.40. The molecule has 2 aromatic heterocycles. The first-order chi connectivity index (χ1) is 15.3. The van der Waals surface area contributed by atoms with Gasteiger partial charge in [0, 0.05) is 31.7 Å². The largest absolute Gasteiger partial charge is 0.486 e. The third-order valence-corrected chi connectivity index (χ3v) is 5.73.